The SMILES string of the molecule is CCCN(CC(F)(F)F)c1nc(Cl)ncc1C. The summed E-state index contributed by atoms with van der Waals surface area (Å²) in [6.07, 6.45) is -2.25. The van der Waals surface area contributed by atoms with E-state index in [9.17, 15) is 13.2 Å². The lowest BCUT2D eigenvalue weighted by molar-refractivity contribution is -0.119. The quantitative estimate of drug-likeness (QED) is 0.785. The van der Waals surface area contributed by atoms with Crippen molar-refractivity contribution in [2.24, 2.45) is 0 Å². The maximum Gasteiger partial charge on any atom is 0.405 e. The number of aromatic nitrogens is 2. The van der Waals surface area contributed by atoms with Crippen LogP contribution in [0.5, 0.6) is 0 Å². The van der Waals surface area contributed by atoms with Crippen molar-refractivity contribution >= 4 is 17.4 Å². The van der Waals surface area contributed by atoms with E-state index in [2.05, 4.69) is 9.97 Å². The number of rotatable bonds is 4. The highest BCUT2D eigenvalue weighted by Crippen LogP contribution is 2.24. The molecule has 0 aromatic carbocycles. The van der Waals surface area contributed by atoms with Crippen LogP contribution in [0.15, 0.2) is 6.20 Å². The van der Waals surface area contributed by atoms with Crippen molar-refractivity contribution in [1.29, 1.82) is 0 Å². The average Bonchev–Trinajstić information content (AvgIpc) is 2.19. The van der Waals surface area contributed by atoms with Gasteiger partial charge in [0.05, 0.1) is 0 Å². The zero-order valence-electron chi connectivity index (χ0n) is 9.55. The Morgan fingerprint density at radius 3 is 2.59 bits per heavy atom. The Labute approximate surface area is 103 Å². The standard InChI is InChI=1S/C10H13ClF3N3/c1-3-4-17(6-10(12,13)14)8-7(2)5-15-9(11)16-8/h5H,3-4,6H2,1-2H3. The Morgan fingerprint density at radius 2 is 2.06 bits per heavy atom. The molecule has 96 valence electrons. The fourth-order valence-corrected chi connectivity index (χ4v) is 1.61. The highest BCUT2D eigenvalue weighted by atomic mass is 35.5. The molecule has 17 heavy (non-hydrogen) atoms. The van der Waals surface area contributed by atoms with E-state index in [1.165, 1.54) is 11.1 Å². The Balaban J connectivity index is 3.00. The summed E-state index contributed by atoms with van der Waals surface area (Å²) in [6.45, 7) is 2.70. The minimum absolute atomic E-state index is 0.0473. The summed E-state index contributed by atoms with van der Waals surface area (Å²) in [6, 6.07) is 0. The molecule has 0 spiro atoms. The van der Waals surface area contributed by atoms with Gasteiger partial charge in [-0.25, -0.2) is 9.97 Å². The van der Waals surface area contributed by atoms with Gasteiger partial charge in [0.1, 0.15) is 12.4 Å². The number of nitrogens with zero attached hydrogens (tertiary/aromatic N) is 3. The minimum Gasteiger partial charge on any atom is -0.347 e. The maximum absolute atomic E-state index is 12.4. The van der Waals surface area contributed by atoms with Gasteiger partial charge in [-0.05, 0) is 24.9 Å². The maximum atomic E-state index is 12.4. The van der Waals surface area contributed by atoms with Crippen molar-refractivity contribution in [1.82, 2.24) is 9.97 Å². The van der Waals surface area contributed by atoms with E-state index in [0.29, 0.717) is 12.0 Å². The zero-order chi connectivity index (χ0) is 13.1. The average molecular weight is 268 g/mol. The summed E-state index contributed by atoms with van der Waals surface area (Å²) in [5.74, 6) is 0.240. The summed E-state index contributed by atoms with van der Waals surface area (Å²) in [4.78, 5) is 8.75. The van der Waals surface area contributed by atoms with Crippen LogP contribution in [0.25, 0.3) is 0 Å². The topological polar surface area (TPSA) is 29.0 Å². The molecule has 7 heteroatoms. The van der Waals surface area contributed by atoms with Gasteiger partial charge in [-0.15, -0.1) is 0 Å². The Morgan fingerprint density at radius 1 is 1.41 bits per heavy atom. The fraction of sp³-hybridized carbons (Fsp3) is 0.600. The van der Waals surface area contributed by atoms with Crippen LogP contribution in [-0.2, 0) is 0 Å². The van der Waals surface area contributed by atoms with Crippen LogP contribution in [0.2, 0.25) is 5.28 Å². The second-order valence-corrected chi connectivity index (χ2v) is 4.02. The third-order valence-electron chi connectivity index (χ3n) is 2.08. The smallest absolute Gasteiger partial charge is 0.347 e. The highest BCUT2D eigenvalue weighted by molar-refractivity contribution is 6.28. The largest absolute Gasteiger partial charge is 0.405 e. The van der Waals surface area contributed by atoms with Crippen molar-refractivity contribution in [2.45, 2.75) is 26.4 Å². The van der Waals surface area contributed by atoms with E-state index in [4.69, 9.17) is 11.6 Å². The molecule has 0 aliphatic rings. The first kappa shape index (κ1) is 14.0. The van der Waals surface area contributed by atoms with Gasteiger partial charge in [-0.1, -0.05) is 6.92 Å². The second kappa shape index (κ2) is 5.53. The first-order valence-electron chi connectivity index (χ1n) is 5.14. The number of aryl methyl sites for hydroxylation is 1. The Bertz CT molecular complexity index is 382. The second-order valence-electron chi connectivity index (χ2n) is 3.68. The van der Waals surface area contributed by atoms with Crippen molar-refractivity contribution in [3.63, 3.8) is 0 Å². The molecule has 0 atom stereocenters. The molecule has 0 N–H and O–H groups in total. The molecule has 1 aromatic rings. The molecule has 0 aliphatic carbocycles. The molecule has 0 aliphatic heterocycles. The normalized spacial score (nSPS) is 11.6. The Kier molecular flexibility index (Phi) is 4.56. The molecule has 1 heterocycles. The molecular weight excluding hydrogens is 255 g/mol. The van der Waals surface area contributed by atoms with Gasteiger partial charge in [0.25, 0.3) is 0 Å². The van der Waals surface area contributed by atoms with Crippen LogP contribution in [0.3, 0.4) is 0 Å². The van der Waals surface area contributed by atoms with Crippen LogP contribution >= 0.6 is 11.6 Å². The number of alkyl halides is 3. The van der Waals surface area contributed by atoms with Gasteiger partial charge < -0.3 is 4.90 Å². The van der Waals surface area contributed by atoms with E-state index in [1.54, 1.807) is 6.92 Å². The van der Waals surface area contributed by atoms with Crippen molar-refractivity contribution < 1.29 is 13.2 Å². The number of halogens is 4. The van der Waals surface area contributed by atoms with Gasteiger partial charge in [-0.2, -0.15) is 13.2 Å². The van der Waals surface area contributed by atoms with Gasteiger partial charge in [0.2, 0.25) is 5.28 Å². The van der Waals surface area contributed by atoms with Crippen LogP contribution < -0.4 is 4.90 Å². The van der Waals surface area contributed by atoms with E-state index < -0.39 is 12.7 Å². The lowest BCUT2D eigenvalue weighted by Crippen LogP contribution is -2.36. The molecule has 0 radical (unpaired) electrons. The summed E-state index contributed by atoms with van der Waals surface area (Å²) < 4.78 is 37.3. The molecular formula is C10H13ClF3N3. The molecule has 0 saturated heterocycles. The summed E-state index contributed by atoms with van der Waals surface area (Å²) >= 11 is 5.60. The fourth-order valence-electron chi connectivity index (χ4n) is 1.48. The Hall–Kier alpha value is -1.04. The molecule has 1 rings (SSSR count). The number of anilines is 1. The van der Waals surface area contributed by atoms with E-state index in [0.717, 1.165) is 0 Å². The predicted molar refractivity (Wildman–Crippen MR) is 60.3 cm³/mol. The summed E-state index contributed by atoms with van der Waals surface area (Å²) in [5.41, 5.74) is 0.576. The minimum atomic E-state index is -4.26. The van der Waals surface area contributed by atoms with Gasteiger partial charge in [0.15, 0.2) is 0 Å². The van der Waals surface area contributed by atoms with Gasteiger partial charge in [0, 0.05) is 18.3 Å². The third-order valence-corrected chi connectivity index (χ3v) is 2.26. The predicted octanol–water partition coefficient (Wildman–Crippen LogP) is 3.22. The van der Waals surface area contributed by atoms with Crippen molar-refractivity contribution in [3.05, 3.63) is 17.0 Å². The summed E-state index contributed by atoms with van der Waals surface area (Å²) in [7, 11) is 0. The molecule has 1 aromatic heterocycles. The monoisotopic (exact) mass is 267 g/mol. The molecule has 3 nitrogen and oxygen atoms in total. The number of hydrogen-bond donors (Lipinski definition) is 0. The van der Waals surface area contributed by atoms with Crippen LogP contribution in [0.4, 0.5) is 19.0 Å². The number of hydrogen-bond acceptors (Lipinski definition) is 3. The zero-order valence-corrected chi connectivity index (χ0v) is 10.3. The molecule has 0 fully saturated rings. The van der Waals surface area contributed by atoms with Crippen LogP contribution in [0, 0.1) is 6.92 Å². The lowest BCUT2D eigenvalue weighted by Gasteiger charge is -2.25. The van der Waals surface area contributed by atoms with Gasteiger partial charge in [-0.3, -0.25) is 0 Å². The molecule has 0 unspecified atom stereocenters. The summed E-state index contributed by atoms with van der Waals surface area (Å²) in [5, 5.41) is -0.0473. The first-order chi connectivity index (χ1) is 7.83. The first-order valence-corrected chi connectivity index (χ1v) is 5.52. The highest BCUT2D eigenvalue weighted by Gasteiger charge is 2.31. The van der Waals surface area contributed by atoms with E-state index in [-0.39, 0.29) is 17.6 Å². The molecule has 0 saturated carbocycles. The van der Waals surface area contributed by atoms with Crippen molar-refractivity contribution in [3.8, 4) is 0 Å². The van der Waals surface area contributed by atoms with E-state index in [1.807, 2.05) is 6.92 Å². The van der Waals surface area contributed by atoms with Crippen molar-refractivity contribution in [2.75, 3.05) is 18.0 Å². The lowest BCUT2D eigenvalue weighted by atomic mass is 10.3. The van der Waals surface area contributed by atoms with Gasteiger partial charge >= 0.3 is 6.18 Å². The van der Waals surface area contributed by atoms with Crippen LogP contribution in [0.1, 0.15) is 18.9 Å². The third kappa shape index (κ3) is 4.38. The molecule has 0 amide bonds. The molecule has 0 bridgehead atoms. The van der Waals surface area contributed by atoms with Crippen LogP contribution in [-0.4, -0.2) is 29.2 Å². The van der Waals surface area contributed by atoms with E-state index >= 15 is 0 Å².